The second kappa shape index (κ2) is 5.39. The van der Waals surface area contributed by atoms with Crippen LogP contribution in [0.25, 0.3) is 0 Å². The molecule has 0 fully saturated rings. The second-order valence-electron chi connectivity index (χ2n) is 3.00. The molecule has 0 unspecified atom stereocenters. The summed E-state index contributed by atoms with van der Waals surface area (Å²) in [6.07, 6.45) is 0. The molecule has 1 rings (SSSR count). The number of nitrogens with one attached hydrogen (secondary N) is 1. The van der Waals surface area contributed by atoms with Gasteiger partial charge in [0.1, 0.15) is 17.2 Å². The summed E-state index contributed by atoms with van der Waals surface area (Å²) in [5.41, 5.74) is -0.240. The van der Waals surface area contributed by atoms with E-state index in [0.717, 1.165) is 6.07 Å². The Morgan fingerprint density at radius 2 is 2.13 bits per heavy atom. The molecule has 15 heavy (non-hydrogen) atoms. The summed E-state index contributed by atoms with van der Waals surface area (Å²) >= 11 is 2.06. The van der Waals surface area contributed by atoms with E-state index in [9.17, 15) is 13.6 Å². The smallest absolute Gasteiger partial charge is 0.257 e. The number of benzene rings is 1. The number of halogens is 3. The predicted octanol–water partition coefficient (Wildman–Crippen LogP) is 2.44. The van der Waals surface area contributed by atoms with E-state index < -0.39 is 23.1 Å². The monoisotopic (exact) mass is 325 g/mol. The van der Waals surface area contributed by atoms with E-state index in [1.807, 2.05) is 0 Å². The zero-order valence-corrected chi connectivity index (χ0v) is 10.3. The lowest BCUT2D eigenvalue weighted by Crippen LogP contribution is -2.27. The van der Waals surface area contributed by atoms with Crippen LogP contribution in [0.5, 0.6) is 0 Å². The van der Waals surface area contributed by atoms with Crippen molar-refractivity contribution in [2.45, 2.75) is 6.92 Å². The molecule has 1 N–H and O–H groups in total. The van der Waals surface area contributed by atoms with Gasteiger partial charge >= 0.3 is 0 Å². The largest absolute Gasteiger partial charge is 0.351 e. The molecule has 0 radical (unpaired) electrons. The van der Waals surface area contributed by atoms with Crippen molar-refractivity contribution in [2.75, 3.05) is 11.0 Å². The Morgan fingerprint density at radius 1 is 1.47 bits per heavy atom. The van der Waals surface area contributed by atoms with Crippen LogP contribution in [0, 0.1) is 18.6 Å². The Labute approximate surface area is 100 Å². The van der Waals surface area contributed by atoms with Crippen molar-refractivity contribution < 1.29 is 13.6 Å². The van der Waals surface area contributed by atoms with Crippen LogP contribution in [-0.4, -0.2) is 16.9 Å². The number of amides is 1. The van der Waals surface area contributed by atoms with Gasteiger partial charge in [-0.25, -0.2) is 8.78 Å². The molecule has 0 saturated carbocycles. The topological polar surface area (TPSA) is 29.1 Å². The number of aryl methyl sites for hydroxylation is 1. The van der Waals surface area contributed by atoms with Gasteiger partial charge in [-0.15, -0.1) is 0 Å². The predicted molar refractivity (Wildman–Crippen MR) is 62.3 cm³/mol. The van der Waals surface area contributed by atoms with Crippen molar-refractivity contribution in [1.29, 1.82) is 0 Å². The Balaban J connectivity index is 3.02. The van der Waals surface area contributed by atoms with Crippen LogP contribution in [0.2, 0.25) is 0 Å². The zero-order valence-electron chi connectivity index (χ0n) is 8.11. The maximum absolute atomic E-state index is 13.4. The highest BCUT2D eigenvalue weighted by Crippen LogP contribution is 2.15. The fraction of sp³-hybridized carbons (Fsp3) is 0.300. The van der Waals surface area contributed by atoms with Crippen molar-refractivity contribution in [3.63, 3.8) is 0 Å². The molecule has 0 aliphatic carbocycles. The van der Waals surface area contributed by atoms with Crippen molar-refractivity contribution >= 4 is 28.5 Å². The number of carbonyl (C=O) groups excluding carboxylic acids is 1. The molecule has 0 saturated heterocycles. The number of carbonyl (C=O) groups is 1. The van der Waals surface area contributed by atoms with E-state index in [1.165, 1.54) is 13.0 Å². The molecule has 0 atom stereocenters. The normalized spacial score (nSPS) is 10.1. The first-order valence-corrected chi connectivity index (χ1v) is 5.89. The van der Waals surface area contributed by atoms with Gasteiger partial charge in [0.15, 0.2) is 0 Å². The van der Waals surface area contributed by atoms with Crippen LogP contribution >= 0.6 is 22.6 Å². The van der Waals surface area contributed by atoms with Gasteiger partial charge in [0.2, 0.25) is 0 Å². The minimum absolute atomic E-state index is 0.260. The lowest BCUT2D eigenvalue weighted by Gasteiger charge is -2.07. The summed E-state index contributed by atoms with van der Waals surface area (Å²) in [7, 11) is 0. The van der Waals surface area contributed by atoms with Gasteiger partial charge in [0, 0.05) is 11.0 Å². The molecular formula is C10H10F2INO. The summed E-state index contributed by atoms with van der Waals surface area (Å²) in [6, 6.07) is 2.40. The van der Waals surface area contributed by atoms with Crippen LogP contribution < -0.4 is 5.32 Å². The van der Waals surface area contributed by atoms with Gasteiger partial charge in [-0.2, -0.15) is 0 Å². The van der Waals surface area contributed by atoms with E-state index in [0.29, 0.717) is 11.0 Å². The third-order valence-electron chi connectivity index (χ3n) is 1.89. The average molecular weight is 325 g/mol. The van der Waals surface area contributed by atoms with Gasteiger partial charge in [-0.1, -0.05) is 28.7 Å². The summed E-state index contributed by atoms with van der Waals surface area (Å²) in [4.78, 5) is 11.4. The van der Waals surface area contributed by atoms with Gasteiger partial charge < -0.3 is 5.32 Å². The van der Waals surface area contributed by atoms with E-state index in [1.54, 1.807) is 0 Å². The molecule has 0 heterocycles. The molecule has 0 aromatic heterocycles. The fourth-order valence-corrected chi connectivity index (χ4v) is 1.38. The number of alkyl halides is 1. The summed E-state index contributed by atoms with van der Waals surface area (Å²) in [5, 5.41) is 2.43. The summed E-state index contributed by atoms with van der Waals surface area (Å²) < 4.78 is 27.3. The van der Waals surface area contributed by atoms with E-state index in [-0.39, 0.29) is 5.56 Å². The van der Waals surface area contributed by atoms with Crippen LogP contribution in [0.15, 0.2) is 12.1 Å². The van der Waals surface area contributed by atoms with Gasteiger partial charge in [0.25, 0.3) is 5.91 Å². The maximum atomic E-state index is 13.4. The molecule has 1 amide bonds. The quantitative estimate of drug-likeness (QED) is 0.671. The molecule has 0 aliphatic heterocycles. The van der Waals surface area contributed by atoms with Crippen molar-refractivity contribution in [1.82, 2.24) is 5.32 Å². The minimum Gasteiger partial charge on any atom is -0.351 e. The maximum Gasteiger partial charge on any atom is 0.257 e. The lowest BCUT2D eigenvalue weighted by molar-refractivity contribution is 0.0948. The molecule has 5 heteroatoms. The number of rotatable bonds is 3. The first-order valence-electron chi connectivity index (χ1n) is 4.36. The molecule has 0 aliphatic rings. The summed E-state index contributed by atoms with van der Waals surface area (Å²) in [5.74, 6) is -2.32. The highest BCUT2D eigenvalue weighted by Gasteiger charge is 2.18. The number of hydrogen-bond donors (Lipinski definition) is 1. The van der Waals surface area contributed by atoms with Crippen molar-refractivity contribution in [2.24, 2.45) is 0 Å². The molecule has 1 aromatic carbocycles. The standard InChI is InChI=1S/C10H10F2INO/c1-6-2-3-7(11)8(9(6)12)10(15)14-5-4-13/h2-3H,4-5H2,1H3,(H,14,15). The average Bonchev–Trinajstić information content (AvgIpc) is 2.21. The molecule has 2 nitrogen and oxygen atoms in total. The zero-order chi connectivity index (χ0) is 11.4. The third-order valence-corrected chi connectivity index (χ3v) is 2.43. The van der Waals surface area contributed by atoms with Crippen LogP contribution in [0.3, 0.4) is 0 Å². The van der Waals surface area contributed by atoms with Crippen molar-refractivity contribution in [3.8, 4) is 0 Å². The van der Waals surface area contributed by atoms with Gasteiger partial charge in [-0.3, -0.25) is 4.79 Å². The summed E-state index contributed by atoms with van der Waals surface area (Å²) in [6.45, 7) is 1.89. The van der Waals surface area contributed by atoms with E-state index in [2.05, 4.69) is 27.9 Å². The van der Waals surface area contributed by atoms with Gasteiger partial charge in [0.05, 0.1) is 0 Å². The number of hydrogen-bond acceptors (Lipinski definition) is 1. The van der Waals surface area contributed by atoms with Crippen LogP contribution in [-0.2, 0) is 0 Å². The Kier molecular flexibility index (Phi) is 4.44. The highest BCUT2D eigenvalue weighted by molar-refractivity contribution is 14.1. The Bertz CT molecular complexity index is 382. The first kappa shape index (κ1) is 12.4. The van der Waals surface area contributed by atoms with Crippen LogP contribution in [0.4, 0.5) is 8.78 Å². The van der Waals surface area contributed by atoms with Crippen molar-refractivity contribution in [3.05, 3.63) is 34.9 Å². The molecule has 0 spiro atoms. The Morgan fingerprint density at radius 3 is 2.73 bits per heavy atom. The first-order chi connectivity index (χ1) is 7.07. The third kappa shape index (κ3) is 2.87. The molecular weight excluding hydrogens is 315 g/mol. The lowest BCUT2D eigenvalue weighted by atomic mass is 10.1. The molecule has 82 valence electrons. The van der Waals surface area contributed by atoms with E-state index in [4.69, 9.17) is 0 Å². The second-order valence-corrected chi connectivity index (χ2v) is 4.08. The van der Waals surface area contributed by atoms with Crippen LogP contribution in [0.1, 0.15) is 15.9 Å². The molecule has 0 bridgehead atoms. The highest BCUT2D eigenvalue weighted by atomic mass is 127. The van der Waals surface area contributed by atoms with Gasteiger partial charge in [-0.05, 0) is 18.6 Å². The fourth-order valence-electron chi connectivity index (χ4n) is 1.11. The SMILES string of the molecule is Cc1ccc(F)c(C(=O)NCCI)c1F. The van der Waals surface area contributed by atoms with E-state index >= 15 is 0 Å². The minimum atomic E-state index is -0.830. The molecule has 1 aromatic rings. The Hall–Kier alpha value is -0.720.